The molecule has 3 rings (SSSR count). The van der Waals surface area contributed by atoms with E-state index in [1.165, 1.54) is 12.1 Å². The molecule has 0 saturated carbocycles. The zero-order valence-electron chi connectivity index (χ0n) is 18.6. The summed E-state index contributed by atoms with van der Waals surface area (Å²) in [6, 6.07) is 7.72. The van der Waals surface area contributed by atoms with Crippen molar-refractivity contribution in [1.29, 1.82) is 0 Å². The summed E-state index contributed by atoms with van der Waals surface area (Å²) in [6.45, 7) is 0.597. The molecule has 1 aliphatic rings. The fourth-order valence-corrected chi connectivity index (χ4v) is 4.34. The van der Waals surface area contributed by atoms with Crippen molar-refractivity contribution in [3.63, 3.8) is 0 Å². The first-order valence-electron chi connectivity index (χ1n) is 10.8. The second kappa shape index (κ2) is 10.7. The molecule has 1 aliphatic heterocycles. The highest BCUT2D eigenvalue weighted by molar-refractivity contribution is 5.82. The van der Waals surface area contributed by atoms with Crippen molar-refractivity contribution in [2.75, 3.05) is 19.7 Å². The third-order valence-electron chi connectivity index (χ3n) is 5.87. The Balaban J connectivity index is 1.80. The van der Waals surface area contributed by atoms with Gasteiger partial charge in [0.25, 0.3) is 0 Å². The largest absolute Gasteiger partial charge is 0.508 e. The number of alkyl halides is 6. The number of nitrogens with two attached hydrogens (primary N) is 2. The first-order chi connectivity index (χ1) is 16.4. The summed E-state index contributed by atoms with van der Waals surface area (Å²) in [7, 11) is 0. The van der Waals surface area contributed by atoms with Crippen LogP contribution < -0.4 is 11.6 Å². The molecule has 35 heavy (non-hydrogen) atoms. The first kappa shape index (κ1) is 26.6. The van der Waals surface area contributed by atoms with Gasteiger partial charge in [0.05, 0.1) is 30.9 Å². The van der Waals surface area contributed by atoms with Gasteiger partial charge in [-0.2, -0.15) is 31.4 Å². The maximum Gasteiger partial charge on any atom is 0.416 e. The lowest BCUT2D eigenvalue weighted by Crippen LogP contribution is -2.44. The van der Waals surface area contributed by atoms with E-state index in [9.17, 15) is 31.4 Å². The van der Waals surface area contributed by atoms with Gasteiger partial charge < -0.3 is 21.4 Å². The average Bonchev–Trinajstić information content (AvgIpc) is 2.78. The van der Waals surface area contributed by atoms with Crippen LogP contribution in [0, 0.1) is 5.92 Å². The van der Waals surface area contributed by atoms with E-state index in [0.717, 1.165) is 12.0 Å². The molecule has 2 aromatic rings. The fraction of sp³-hybridized carbons (Fsp3) is 0.435. The molecule has 1 heterocycles. The van der Waals surface area contributed by atoms with Crippen LogP contribution in [0.4, 0.5) is 26.3 Å². The number of hydrogen-bond donors (Lipinski definition) is 3. The molecular weight excluding hydrogens is 478 g/mol. The quantitative estimate of drug-likeness (QED) is 0.168. The number of halogens is 6. The van der Waals surface area contributed by atoms with Gasteiger partial charge in [0.15, 0.2) is 0 Å². The van der Waals surface area contributed by atoms with Gasteiger partial charge in [-0.3, -0.25) is 4.90 Å². The van der Waals surface area contributed by atoms with Crippen molar-refractivity contribution >= 4 is 5.84 Å². The predicted molar refractivity (Wildman–Crippen MR) is 117 cm³/mol. The van der Waals surface area contributed by atoms with Crippen LogP contribution in [0.5, 0.6) is 5.75 Å². The van der Waals surface area contributed by atoms with E-state index < -0.39 is 30.1 Å². The van der Waals surface area contributed by atoms with Crippen molar-refractivity contribution in [1.82, 2.24) is 4.90 Å². The van der Waals surface area contributed by atoms with Crippen LogP contribution in [0.15, 0.2) is 47.6 Å². The minimum Gasteiger partial charge on any atom is -0.508 e. The maximum absolute atomic E-state index is 13.1. The van der Waals surface area contributed by atoms with Gasteiger partial charge in [-0.15, -0.1) is 0 Å². The molecule has 6 nitrogen and oxygen atoms in total. The number of aromatic hydroxyl groups is 1. The zero-order valence-corrected chi connectivity index (χ0v) is 18.6. The summed E-state index contributed by atoms with van der Waals surface area (Å²) in [5.74, 6) is 5.42. The highest BCUT2D eigenvalue weighted by atomic mass is 19.4. The zero-order chi connectivity index (χ0) is 25.8. The van der Waals surface area contributed by atoms with Crippen LogP contribution in [-0.2, 0) is 23.7 Å². The number of phenols is 1. The SMILES string of the molecule is N/N=C(\N)CN1CCC[C@@H](COCc2cc(C(F)(F)F)cc(C(F)(F)F)c2)[C@H]1c1ccc(O)cc1. The second-order valence-corrected chi connectivity index (χ2v) is 8.46. The van der Waals surface area contributed by atoms with E-state index in [-0.39, 0.29) is 48.3 Å². The van der Waals surface area contributed by atoms with E-state index in [2.05, 4.69) is 5.10 Å². The standard InChI is InChI=1S/C23H26F6N4O2/c24-22(25,26)17-8-14(9-18(10-17)23(27,28)29)12-35-13-16-2-1-7-33(11-20(30)32-31)21(16)15-3-5-19(34)6-4-15/h3-6,8-10,16,21,34H,1-2,7,11-13,31H2,(H2,30,32)/t16-,21+/m0/s1. The third kappa shape index (κ3) is 7.01. The molecule has 1 fully saturated rings. The molecule has 0 aliphatic carbocycles. The Morgan fingerprint density at radius 1 is 1.03 bits per heavy atom. The van der Waals surface area contributed by atoms with Crippen LogP contribution in [0.3, 0.4) is 0 Å². The van der Waals surface area contributed by atoms with Crippen LogP contribution >= 0.6 is 0 Å². The van der Waals surface area contributed by atoms with Crippen LogP contribution in [0.2, 0.25) is 0 Å². The summed E-state index contributed by atoms with van der Waals surface area (Å²) in [5.41, 5.74) is 3.68. The highest BCUT2D eigenvalue weighted by Gasteiger charge is 2.37. The molecule has 1 saturated heterocycles. The molecule has 0 amide bonds. The van der Waals surface area contributed by atoms with Crippen molar-refractivity contribution in [3.8, 4) is 5.75 Å². The lowest BCUT2D eigenvalue weighted by atomic mass is 9.85. The fourth-order valence-electron chi connectivity index (χ4n) is 4.34. The van der Waals surface area contributed by atoms with Crippen LogP contribution in [-0.4, -0.2) is 35.5 Å². The number of hydrazone groups is 1. The third-order valence-corrected chi connectivity index (χ3v) is 5.87. The second-order valence-electron chi connectivity index (χ2n) is 8.46. The molecule has 5 N–H and O–H groups in total. The smallest absolute Gasteiger partial charge is 0.416 e. The number of likely N-dealkylation sites (tertiary alicyclic amines) is 1. The molecule has 0 bridgehead atoms. The molecule has 0 radical (unpaired) electrons. The molecule has 12 heteroatoms. The van der Waals surface area contributed by atoms with E-state index in [0.29, 0.717) is 25.1 Å². The van der Waals surface area contributed by atoms with E-state index in [4.69, 9.17) is 16.3 Å². The Bertz CT molecular complexity index is 992. The van der Waals surface area contributed by atoms with E-state index in [1.54, 1.807) is 12.1 Å². The number of benzene rings is 2. The Hall–Kier alpha value is -2.99. The van der Waals surface area contributed by atoms with Gasteiger partial charge in [-0.25, -0.2) is 0 Å². The number of ether oxygens (including phenoxy) is 1. The Labute approximate surface area is 198 Å². The maximum atomic E-state index is 13.1. The predicted octanol–water partition coefficient (Wildman–Crippen LogP) is 4.63. The number of phenolic OH excluding ortho intramolecular Hbond substituents is 1. The normalized spacial score (nSPS) is 20.2. The number of hydrogen-bond acceptors (Lipinski definition) is 5. The Morgan fingerprint density at radius 3 is 2.17 bits per heavy atom. The van der Waals surface area contributed by atoms with Gasteiger partial charge in [-0.1, -0.05) is 12.1 Å². The molecule has 2 aromatic carbocycles. The van der Waals surface area contributed by atoms with Crippen molar-refractivity contribution in [2.24, 2.45) is 22.6 Å². The van der Waals surface area contributed by atoms with Crippen molar-refractivity contribution in [2.45, 2.75) is 37.8 Å². The van der Waals surface area contributed by atoms with Gasteiger partial charge in [0, 0.05) is 12.0 Å². The minimum atomic E-state index is -4.92. The Morgan fingerprint density at radius 2 is 1.63 bits per heavy atom. The van der Waals surface area contributed by atoms with Crippen LogP contribution in [0.1, 0.15) is 41.1 Å². The molecule has 2 atom stereocenters. The van der Waals surface area contributed by atoms with Gasteiger partial charge in [0.1, 0.15) is 11.6 Å². The van der Waals surface area contributed by atoms with Gasteiger partial charge >= 0.3 is 12.4 Å². The number of amidine groups is 1. The molecule has 0 unspecified atom stereocenters. The molecule has 192 valence electrons. The van der Waals surface area contributed by atoms with E-state index in [1.807, 2.05) is 4.90 Å². The number of rotatable bonds is 7. The highest BCUT2D eigenvalue weighted by Crippen LogP contribution is 2.38. The molecule has 0 aromatic heterocycles. The molecular formula is C23H26F6N4O2. The lowest BCUT2D eigenvalue weighted by Gasteiger charge is -2.41. The summed E-state index contributed by atoms with van der Waals surface area (Å²) >= 11 is 0. The molecule has 0 spiro atoms. The topological polar surface area (TPSA) is 97.1 Å². The van der Waals surface area contributed by atoms with Gasteiger partial charge in [-0.05, 0) is 60.8 Å². The lowest BCUT2D eigenvalue weighted by molar-refractivity contribution is -0.143. The summed E-state index contributed by atoms with van der Waals surface area (Å²) in [4.78, 5) is 2.03. The van der Waals surface area contributed by atoms with Crippen molar-refractivity contribution in [3.05, 3.63) is 64.7 Å². The first-order valence-corrected chi connectivity index (χ1v) is 10.8. The summed E-state index contributed by atoms with van der Waals surface area (Å²) in [5, 5.41) is 13.1. The number of piperidine rings is 1. The van der Waals surface area contributed by atoms with Crippen LogP contribution in [0.25, 0.3) is 0 Å². The average molecular weight is 504 g/mol. The number of nitrogens with zero attached hydrogens (tertiary/aromatic N) is 2. The van der Waals surface area contributed by atoms with E-state index >= 15 is 0 Å². The summed E-state index contributed by atoms with van der Waals surface area (Å²) < 4.78 is 84.4. The Kier molecular flexibility index (Phi) is 8.16. The van der Waals surface area contributed by atoms with Gasteiger partial charge in [0.2, 0.25) is 0 Å². The monoisotopic (exact) mass is 504 g/mol. The minimum absolute atomic E-state index is 0.0805. The van der Waals surface area contributed by atoms with Crippen molar-refractivity contribution < 1.29 is 36.2 Å². The summed E-state index contributed by atoms with van der Waals surface area (Å²) in [6.07, 6.45) is -8.37.